The highest BCUT2D eigenvalue weighted by molar-refractivity contribution is 5.90. The normalized spacial score (nSPS) is 10.7. The molecule has 0 amide bonds. The quantitative estimate of drug-likeness (QED) is 0.764. The number of hydrogen-bond acceptors (Lipinski definition) is 4. The van der Waals surface area contributed by atoms with E-state index in [4.69, 9.17) is 4.74 Å². The molecule has 2 rings (SSSR count). The molecule has 2 aromatic rings. The van der Waals surface area contributed by atoms with Crippen molar-refractivity contribution in [1.82, 2.24) is 19.3 Å². The number of rotatable bonds is 5. The number of carbonyl (C=O) groups excluding carboxylic acids is 1. The lowest BCUT2D eigenvalue weighted by Gasteiger charge is -2.09. The molecule has 0 N–H and O–H groups in total. The zero-order valence-electron chi connectivity index (χ0n) is 11.5. The standard InChI is InChI=1S/C13H18N4O2/c1-4-12-14-6-7-17(12)9-11-10(8-15-16(11)3)13(18)19-5-2/h6-8H,4-5,9H2,1-3H3. The predicted molar refractivity (Wildman–Crippen MR) is 69.9 cm³/mol. The Bertz CT molecular complexity index is 571. The predicted octanol–water partition coefficient (Wildman–Crippen LogP) is 1.40. The molecule has 0 saturated carbocycles. The van der Waals surface area contributed by atoms with Gasteiger partial charge >= 0.3 is 5.97 Å². The Kier molecular flexibility index (Phi) is 3.99. The van der Waals surface area contributed by atoms with E-state index in [1.165, 1.54) is 0 Å². The summed E-state index contributed by atoms with van der Waals surface area (Å²) in [6.45, 7) is 4.76. The van der Waals surface area contributed by atoms with Crippen molar-refractivity contribution < 1.29 is 9.53 Å². The van der Waals surface area contributed by atoms with Gasteiger partial charge in [0.2, 0.25) is 0 Å². The van der Waals surface area contributed by atoms with Gasteiger partial charge in [0, 0.05) is 25.9 Å². The first-order valence-corrected chi connectivity index (χ1v) is 6.35. The third-order valence-electron chi connectivity index (χ3n) is 2.99. The molecule has 0 aliphatic heterocycles. The first-order chi connectivity index (χ1) is 9.17. The Morgan fingerprint density at radius 1 is 1.42 bits per heavy atom. The van der Waals surface area contributed by atoms with Crippen LogP contribution in [0, 0.1) is 0 Å². The molecule has 19 heavy (non-hydrogen) atoms. The molecule has 0 saturated heterocycles. The molecule has 0 unspecified atom stereocenters. The summed E-state index contributed by atoms with van der Waals surface area (Å²) in [5, 5.41) is 4.14. The van der Waals surface area contributed by atoms with Crippen LogP contribution in [-0.4, -0.2) is 31.9 Å². The molecule has 6 nitrogen and oxygen atoms in total. The molecule has 0 aromatic carbocycles. The van der Waals surface area contributed by atoms with Crippen molar-refractivity contribution in [1.29, 1.82) is 0 Å². The third kappa shape index (κ3) is 2.67. The molecule has 0 radical (unpaired) electrons. The molecule has 0 atom stereocenters. The van der Waals surface area contributed by atoms with E-state index in [-0.39, 0.29) is 5.97 Å². The molecule has 0 aliphatic carbocycles. The summed E-state index contributed by atoms with van der Waals surface area (Å²) >= 11 is 0. The first kappa shape index (κ1) is 13.3. The SMILES string of the molecule is CCOC(=O)c1cnn(C)c1Cn1ccnc1CC. The van der Waals surface area contributed by atoms with Crippen LogP contribution in [0.25, 0.3) is 0 Å². The van der Waals surface area contributed by atoms with Gasteiger partial charge in [0.05, 0.1) is 25.0 Å². The highest BCUT2D eigenvalue weighted by Crippen LogP contribution is 2.12. The number of esters is 1. The minimum Gasteiger partial charge on any atom is -0.462 e. The van der Waals surface area contributed by atoms with Gasteiger partial charge in [-0.25, -0.2) is 9.78 Å². The maximum Gasteiger partial charge on any atom is 0.341 e. The van der Waals surface area contributed by atoms with Crippen LogP contribution in [0.1, 0.15) is 35.7 Å². The number of aromatic nitrogens is 4. The maximum atomic E-state index is 11.9. The fourth-order valence-electron chi connectivity index (χ4n) is 1.99. The van der Waals surface area contributed by atoms with Crippen LogP contribution in [0.15, 0.2) is 18.6 Å². The van der Waals surface area contributed by atoms with Gasteiger partial charge in [-0.15, -0.1) is 0 Å². The number of ether oxygens (including phenoxy) is 1. The number of hydrogen-bond donors (Lipinski definition) is 0. The maximum absolute atomic E-state index is 11.9. The molecule has 0 aliphatic rings. The van der Waals surface area contributed by atoms with Gasteiger partial charge in [-0.1, -0.05) is 6.92 Å². The fraction of sp³-hybridized carbons (Fsp3) is 0.462. The van der Waals surface area contributed by atoms with E-state index in [0.29, 0.717) is 18.7 Å². The van der Waals surface area contributed by atoms with E-state index in [9.17, 15) is 4.79 Å². The number of carbonyl (C=O) groups is 1. The fourth-order valence-corrected chi connectivity index (χ4v) is 1.99. The second kappa shape index (κ2) is 5.69. The van der Waals surface area contributed by atoms with Gasteiger partial charge in [-0.3, -0.25) is 4.68 Å². The summed E-state index contributed by atoms with van der Waals surface area (Å²) in [6.07, 6.45) is 6.06. The lowest BCUT2D eigenvalue weighted by Crippen LogP contribution is -2.13. The Balaban J connectivity index is 2.29. The minimum atomic E-state index is -0.330. The van der Waals surface area contributed by atoms with E-state index in [1.54, 1.807) is 24.0 Å². The largest absolute Gasteiger partial charge is 0.462 e. The Morgan fingerprint density at radius 2 is 2.21 bits per heavy atom. The first-order valence-electron chi connectivity index (χ1n) is 6.35. The number of nitrogens with zero attached hydrogens (tertiary/aromatic N) is 4. The van der Waals surface area contributed by atoms with Crippen LogP contribution in [-0.2, 0) is 24.8 Å². The summed E-state index contributed by atoms with van der Waals surface area (Å²) in [5.74, 6) is 0.653. The monoisotopic (exact) mass is 262 g/mol. The van der Waals surface area contributed by atoms with Crippen molar-refractivity contribution in [3.8, 4) is 0 Å². The van der Waals surface area contributed by atoms with Gasteiger partial charge in [-0.05, 0) is 6.92 Å². The minimum absolute atomic E-state index is 0.330. The molecule has 2 aromatic heterocycles. The van der Waals surface area contributed by atoms with Crippen molar-refractivity contribution in [2.45, 2.75) is 26.8 Å². The van der Waals surface area contributed by atoms with Gasteiger partial charge in [0.15, 0.2) is 0 Å². The van der Waals surface area contributed by atoms with Crippen molar-refractivity contribution in [2.75, 3.05) is 6.61 Å². The summed E-state index contributed by atoms with van der Waals surface area (Å²) in [7, 11) is 1.82. The molecule has 102 valence electrons. The van der Waals surface area contributed by atoms with Gasteiger partial charge in [-0.2, -0.15) is 5.10 Å². The van der Waals surface area contributed by atoms with E-state index in [1.807, 2.05) is 24.7 Å². The van der Waals surface area contributed by atoms with Crippen LogP contribution in [0.4, 0.5) is 0 Å². The van der Waals surface area contributed by atoms with Gasteiger partial charge in [0.1, 0.15) is 11.4 Å². The van der Waals surface area contributed by atoms with Crippen LogP contribution >= 0.6 is 0 Å². The number of imidazole rings is 1. The molecule has 6 heteroatoms. The van der Waals surface area contributed by atoms with Crippen molar-refractivity contribution in [3.05, 3.63) is 35.7 Å². The lowest BCUT2D eigenvalue weighted by molar-refractivity contribution is 0.0524. The molecular weight excluding hydrogens is 244 g/mol. The zero-order valence-corrected chi connectivity index (χ0v) is 11.5. The molecule has 0 bridgehead atoms. The van der Waals surface area contributed by atoms with E-state index in [0.717, 1.165) is 17.9 Å². The van der Waals surface area contributed by atoms with Crippen molar-refractivity contribution in [2.24, 2.45) is 7.05 Å². The van der Waals surface area contributed by atoms with Crippen LogP contribution < -0.4 is 0 Å². The molecule has 0 spiro atoms. The summed E-state index contributed by atoms with van der Waals surface area (Å²) in [5.41, 5.74) is 1.34. The van der Waals surface area contributed by atoms with Crippen LogP contribution in [0.3, 0.4) is 0 Å². The summed E-state index contributed by atoms with van der Waals surface area (Å²) in [4.78, 5) is 16.1. The van der Waals surface area contributed by atoms with Crippen molar-refractivity contribution in [3.63, 3.8) is 0 Å². The smallest absolute Gasteiger partial charge is 0.341 e. The van der Waals surface area contributed by atoms with Gasteiger partial charge < -0.3 is 9.30 Å². The number of aryl methyl sites for hydroxylation is 2. The Hall–Kier alpha value is -2.11. The van der Waals surface area contributed by atoms with E-state index < -0.39 is 0 Å². The highest BCUT2D eigenvalue weighted by atomic mass is 16.5. The Morgan fingerprint density at radius 3 is 2.89 bits per heavy atom. The second-order valence-electron chi connectivity index (χ2n) is 4.17. The van der Waals surface area contributed by atoms with Crippen LogP contribution in [0.5, 0.6) is 0 Å². The molecule has 0 fully saturated rings. The second-order valence-corrected chi connectivity index (χ2v) is 4.17. The highest BCUT2D eigenvalue weighted by Gasteiger charge is 2.18. The Labute approximate surface area is 112 Å². The van der Waals surface area contributed by atoms with Crippen molar-refractivity contribution >= 4 is 5.97 Å². The zero-order chi connectivity index (χ0) is 13.8. The van der Waals surface area contributed by atoms with Crippen LogP contribution in [0.2, 0.25) is 0 Å². The van der Waals surface area contributed by atoms with E-state index >= 15 is 0 Å². The van der Waals surface area contributed by atoms with Gasteiger partial charge in [0.25, 0.3) is 0 Å². The summed E-state index contributed by atoms with van der Waals surface area (Å²) < 4.78 is 8.75. The molecule has 2 heterocycles. The lowest BCUT2D eigenvalue weighted by atomic mass is 10.2. The average Bonchev–Trinajstić information content (AvgIpc) is 2.98. The summed E-state index contributed by atoms with van der Waals surface area (Å²) in [6, 6.07) is 0. The topological polar surface area (TPSA) is 61.9 Å². The third-order valence-corrected chi connectivity index (χ3v) is 2.99. The average molecular weight is 262 g/mol. The molecular formula is C13H18N4O2. The van der Waals surface area contributed by atoms with E-state index in [2.05, 4.69) is 10.1 Å².